The van der Waals surface area contributed by atoms with E-state index in [9.17, 15) is 4.79 Å². The SMILES string of the molecule is CCN(C(=O)CNCCC1=CCCCC1)C1CC1. The smallest absolute Gasteiger partial charge is 0.236 e. The van der Waals surface area contributed by atoms with Gasteiger partial charge in [0.15, 0.2) is 0 Å². The molecule has 2 aliphatic carbocycles. The molecule has 0 radical (unpaired) electrons. The molecule has 0 spiro atoms. The number of nitrogens with one attached hydrogen (secondary N) is 1. The predicted octanol–water partition coefficient (Wildman–Crippen LogP) is 2.48. The summed E-state index contributed by atoms with van der Waals surface area (Å²) >= 11 is 0. The van der Waals surface area contributed by atoms with E-state index in [-0.39, 0.29) is 5.91 Å². The summed E-state index contributed by atoms with van der Waals surface area (Å²) < 4.78 is 0. The third-order valence-electron chi connectivity index (χ3n) is 3.93. The minimum Gasteiger partial charge on any atom is -0.339 e. The number of hydrogen-bond donors (Lipinski definition) is 1. The van der Waals surface area contributed by atoms with Crippen LogP contribution in [-0.4, -0.2) is 36.5 Å². The second kappa shape index (κ2) is 6.93. The number of carbonyl (C=O) groups excluding carboxylic acids is 1. The molecular formula is C15H26N2O. The molecule has 0 unspecified atom stereocenters. The van der Waals surface area contributed by atoms with Gasteiger partial charge in [-0.05, 0) is 58.4 Å². The van der Waals surface area contributed by atoms with Crippen molar-refractivity contribution in [3.8, 4) is 0 Å². The number of allylic oxidation sites excluding steroid dienone is 1. The minimum atomic E-state index is 0.276. The van der Waals surface area contributed by atoms with Crippen molar-refractivity contribution in [1.29, 1.82) is 0 Å². The highest BCUT2D eigenvalue weighted by Crippen LogP contribution is 2.26. The normalized spacial score (nSPS) is 19.5. The highest BCUT2D eigenvalue weighted by Gasteiger charge is 2.30. The number of likely N-dealkylation sites (N-methyl/N-ethyl adjacent to an activating group) is 1. The summed E-state index contributed by atoms with van der Waals surface area (Å²) in [5.41, 5.74) is 1.58. The topological polar surface area (TPSA) is 32.3 Å². The molecule has 0 atom stereocenters. The molecule has 1 N–H and O–H groups in total. The lowest BCUT2D eigenvalue weighted by atomic mass is 9.97. The Balaban J connectivity index is 1.59. The van der Waals surface area contributed by atoms with Crippen LogP contribution in [0, 0.1) is 0 Å². The molecule has 102 valence electrons. The van der Waals surface area contributed by atoms with Crippen LogP contribution in [0.2, 0.25) is 0 Å². The van der Waals surface area contributed by atoms with Gasteiger partial charge in [0, 0.05) is 12.6 Å². The lowest BCUT2D eigenvalue weighted by molar-refractivity contribution is -0.130. The molecule has 1 saturated carbocycles. The third kappa shape index (κ3) is 4.13. The van der Waals surface area contributed by atoms with Gasteiger partial charge in [0.1, 0.15) is 0 Å². The number of rotatable bonds is 7. The molecule has 2 aliphatic rings. The second-order valence-corrected chi connectivity index (χ2v) is 5.45. The van der Waals surface area contributed by atoms with Crippen LogP contribution in [0.3, 0.4) is 0 Å². The zero-order valence-corrected chi connectivity index (χ0v) is 11.6. The molecule has 0 aliphatic heterocycles. The van der Waals surface area contributed by atoms with Gasteiger partial charge < -0.3 is 10.2 Å². The van der Waals surface area contributed by atoms with Gasteiger partial charge in [-0.2, -0.15) is 0 Å². The Morgan fingerprint density at radius 3 is 2.89 bits per heavy atom. The zero-order chi connectivity index (χ0) is 12.8. The maximum atomic E-state index is 12.0. The lowest BCUT2D eigenvalue weighted by Crippen LogP contribution is -2.39. The van der Waals surface area contributed by atoms with Crippen LogP contribution < -0.4 is 5.32 Å². The van der Waals surface area contributed by atoms with E-state index >= 15 is 0 Å². The number of nitrogens with zero attached hydrogens (tertiary/aromatic N) is 1. The van der Waals surface area contributed by atoms with Crippen LogP contribution >= 0.6 is 0 Å². The van der Waals surface area contributed by atoms with Crippen LogP contribution in [0.15, 0.2) is 11.6 Å². The maximum absolute atomic E-state index is 12.0. The van der Waals surface area contributed by atoms with Crippen LogP contribution in [0.5, 0.6) is 0 Å². The third-order valence-corrected chi connectivity index (χ3v) is 3.93. The van der Waals surface area contributed by atoms with Gasteiger partial charge in [0.25, 0.3) is 0 Å². The Labute approximate surface area is 111 Å². The van der Waals surface area contributed by atoms with Crippen molar-refractivity contribution in [3.05, 3.63) is 11.6 Å². The van der Waals surface area contributed by atoms with Gasteiger partial charge in [-0.3, -0.25) is 4.79 Å². The predicted molar refractivity (Wildman–Crippen MR) is 74.4 cm³/mol. The van der Waals surface area contributed by atoms with Crippen molar-refractivity contribution < 1.29 is 4.79 Å². The maximum Gasteiger partial charge on any atom is 0.236 e. The first-order chi connectivity index (χ1) is 8.81. The van der Waals surface area contributed by atoms with Crippen molar-refractivity contribution in [2.45, 2.75) is 57.9 Å². The summed E-state index contributed by atoms with van der Waals surface area (Å²) in [4.78, 5) is 14.0. The molecular weight excluding hydrogens is 224 g/mol. The van der Waals surface area contributed by atoms with E-state index in [1.54, 1.807) is 5.57 Å². The van der Waals surface area contributed by atoms with E-state index in [2.05, 4.69) is 18.3 Å². The molecule has 1 fully saturated rings. The summed E-state index contributed by atoms with van der Waals surface area (Å²) in [5, 5.41) is 3.30. The average molecular weight is 250 g/mol. The first kappa shape index (κ1) is 13.6. The van der Waals surface area contributed by atoms with E-state index in [1.807, 2.05) is 4.90 Å². The van der Waals surface area contributed by atoms with E-state index < -0.39 is 0 Å². The van der Waals surface area contributed by atoms with Crippen LogP contribution in [0.1, 0.15) is 51.9 Å². The van der Waals surface area contributed by atoms with Gasteiger partial charge in [0.05, 0.1) is 6.54 Å². The average Bonchev–Trinajstić information content (AvgIpc) is 3.21. The minimum absolute atomic E-state index is 0.276. The van der Waals surface area contributed by atoms with Crippen molar-refractivity contribution in [2.75, 3.05) is 19.6 Å². The summed E-state index contributed by atoms with van der Waals surface area (Å²) in [6.07, 6.45) is 11.1. The monoisotopic (exact) mass is 250 g/mol. The molecule has 3 heteroatoms. The molecule has 0 saturated heterocycles. The number of carbonyl (C=O) groups is 1. The van der Waals surface area contributed by atoms with E-state index in [0.717, 1.165) is 19.5 Å². The van der Waals surface area contributed by atoms with Gasteiger partial charge >= 0.3 is 0 Å². The van der Waals surface area contributed by atoms with Gasteiger partial charge in [-0.25, -0.2) is 0 Å². The van der Waals surface area contributed by atoms with E-state index in [4.69, 9.17) is 0 Å². The molecule has 1 amide bonds. The summed E-state index contributed by atoms with van der Waals surface area (Å²) in [5.74, 6) is 0.276. The standard InChI is InChI=1S/C15H26N2O/c1-2-17(14-8-9-14)15(18)12-16-11-10-13-6-4-3-5-7-13/h6,14,16H,2-5,7-12H2,1H3. The lowest BCUT2D eigenvalue weighted by Gasteiger charge is -2.20. The Morgan fingerprint density at radius 2 is 2.28 bits per heavy atom. The Bertz CT molecular complexity index is 308. The van der Waals surface area contributed by atoms with Gasteiger partial charge in [0.2, 0.25) is 5.91 Å². The van der Waals surface area contributed by atoms with Crippen molar-refractivity contribution in [1.82, 2.24) is 10.2 Å². The molecule has 0 aromatic rings. The van der Waals surface area contributed by atoms with Crippen LogP contribution in [-0.2, 0) is 4.79 Å². The molecule has 0 heterocycles. The fourth-order valence-corrected chi connectivity index (χ4v) is 2.70. The first-order valence-electron chi connectivity index (χ1n) is 7.49. The molecule has 0 aromatic carbocycles. The highest BCUT2D eigenvalue weighted by molar-refractivity contribution is 5.78. The second-order valence-electron chi connectivity index (χ2n) is 5.45. The van der Waals surface area contributed by atoms with E-state index in [1.165, 1.54) is 38.5 Å². The molecule has 0 bridgehead atoms. The Kier molecular flexibility index (Phi) is 5.24. The number of amides is 1. The highest BCUT2D eigenvalue weighted by atomic mass is 16.2. The summed E-state index contributed by atoms with van der Waals surface area (Å²) in [6.45, 7) is 4.39. The molecule has 2 rings (SSSR count). The summed E-state index contributed by atoms with van der Waals surface area (Å²) in [7, 11) is 0. The van der Waals surface area contributed by atoms with Crippen molar-refractivity contribution in [3.63, 3.8) is 0 Å². The molecule has 3 nitrogen and oxygen atoms in total. The first-order valence-corrected chi connectivity index (χ1v) is 7.49. The fraction of sp³-hybridized carbons (Fsp3) is 0.800. The molecule has 18 heavy (non-hydrogen) atoms. The van der Waals surface area contributed by atoms with Crippen molar-refractivity contribution in [2.24, 2.45) is 0 Å². The summed E-state index contributed by atoms with van der Waals surface area (Å²) in [6, 6.07) is 0.547. The van der Waals surface area contributed by atoms with Gasteiger partial charge in [-0.1, -0.05) is 11.6 Å². The molecule has 0 aromatic heterocycles. The largest absolute Gasteiger partial charge is 0.339 e. The van der Waals surface area contributed by atoms with E-state index in [0.29, 0.717) is 12.6 Å². The van der Waals surface area contributed by atoms with Gasteiger partial charge in [-0.15, -0.1) is 0 Å². The van der Waals surface area contributed by atoms with Crippen LogP contribution in [0.4, 0.5) is 0 Å². The number of hydrogen-bond acceptors (Lipinski definition) is 2. The Morgan fingerprint density at radius 1 is 1.44 bits per heavy atom. The van der Waals surface area contributed by atoms with Crippen molar-refractivity contribution >= 4 is 5.91 Å². The Hall–Kier alpha value is -0.830. The fourth-order valence-electron chi connectivity index (χ4n) is 2.70. The van der Waals surface area contributed by atoms with Crippen LogP contribution in [0.25, 0.3) is 0 Å². The quantitative estimate of drug-likeness (QED) is 0.556. The zero-order valence-electron chi connectivity index (χ0n) is 11.6.